The molecule has 2 heterocycles. The van der Waals surface area contributed by atoms with E-state index in [1.807, 2.05) is 6.07 Å². The maximum atomic E-state index is 13.5. The highest BCUT2D eigenvalue weighted by atomic mass is 32.2. The first-order valence-corrected chi connectivity index (χ1v) is 11.9. The number of oxazole rings is 1. The molecule has 1 amide bonds. The summed E-state index contributed by atoms with van der Waals surface area (Å²) in [6, 6.07) is 15.2. The SMILES string of the molecule is COCC(=O)N1CCN(c2oc(-c3ccccc3OC)nc2S(=O)(=O)c2ccccc2)CC1. The van der Waals surface area contributed by atoms with E-state index in [-0.39, 0.29) is 34.2 Å². The molecule has 2 aromatic carbocycles. The van der Waals surface area contributed by atoms with Gasteiger partial charge in [0.2, 0.25) is 32.5 Å². The first-order valence-electron chi connectivity index (χ1n) is 10.4. The average Bonchev–Trinajstić information content (AvgIpc) is 3.31. The zero-order valence-electron chi connectivity index (χ0n) is 18.4. The van der Waals surface area contributed by atoms with E-state index in [4.69, 9.17) is 13.9 Å². The van der Waals surface area contributed by atoms with Crippen LogP contribution in [-0.4, -0.2) is 71.2 Å². The lowest BCUT2D eigenvalue weighted by Crippen LogP contribution is -2.49. The van der Waals surface area contributed by atoms with Crippen LogP contribution in [0, 0.1) is 0 Å². The fraction of sp³-hybridized carbons (Fsp3) is 0.304. The monoisotopic (exact) mass is 471 g/mol. The zero-order chi connectivity index (χ0) is 23.4. The molecule has 0 aliphatic carbocycles. The van der Waals surface area contributed by atoms with Crippen molar-refractivity contribution < 1.29 is 27.1 Å². The number of anilines is 1. The maximum Gasteiger partial charge on any atom is 0.248 e. The van der Waals surface area contributed by atoms with Crippen molar-refractivity contribution in [3.05, 3.63) is 54.6 Å². The number of methoxy groups -OCH3 is 2. The van der Waals surface area contributed by atoms with E-state index in [9.17, 15) is 13.2 Å². The van der Waals surface area contributed by atoms with Crippen LogP contribution in [-0.2, 0) is 19.4 Å². The van der Waals surface area contributed by atoms with Crippen LogP contribution < -0.4 is 9.64 Å². The number of amides is 1. The number of carbonyl (C=O) groups excluding carboxylic acids is 1. The molecule has 0 spiro atoms. The van der Waals surface area contributed by atoms with Gasteiger partial charge in [-0.05, 0) is 24.3 Å². The number of carbonyl (C=O) groups is 1. The van der Waals surface area contributed by atoms with Gasteiger partial charge in [-0.25, -0.2) is 8.42 Å². The summed E-state index contributed by atoms with van der Waals surface area (Å²) in [7, 11) is -0.949. The minimum atomic E-state index is -3.95. The molecule has 174 valence electrons. The molecular weight excluding hydrogens is 446 g/mol. The number of benzene rings is 2. The quantitative estimate of drug-likeness (QED) is 0.518. The first kappa shape index (κ1) is 22.8. The van der Waals surface area contributed by atoms with E-state index < -0.39 is 9.84 Å². The van der Waals surface area contributed by atoms with Crippen LogP contribution >= 0.6 is 0 Å². The lowest BCUT2D eigenvalue weighted by atomic mass is 10.2. The van der Waals surface area contributed by atoms with Gasteiger partial charge in [-0.1, -0.05) is 30.3 Å². The summed E-state index contributed by atoms with van der Waals surface area (Å²) in [6.07, 6.45) is 0. The third kappa shape index (κ3) is 4.57. The van der Waals surface area contributed by atoms with E-state index in [1.165, 1.54) is 26.4 Å². The van der Waals surface area contributed by atoms with Gasteiger partial charge in [-0.3, -0.25) is 4.79 Å². The predicted molar refractivity (Wildman–Crippen MR) is 121 cm³/mol. The first-order chi connectivity index (χ1) is 16.0. The Morgan fingerprint density at radius 3 is 2.33 bits per heavy atom. The van der Waals surface area contributed by atoms with Gasteiger partial charge in [0.15, 0.2) is 0 Å². The minimum Gasteiger partial charge on any atom is -0.496 e. The summed E-state index contributed by atoms with van der Waals surface area (Å²) < 4.78 is 43.4. The summed E-state index contributed by atoms with van der Waals surface area (Å²) in [5.74, 6) is 0.707. The Labute approximate surface area is 192 Å². The van der Waals surface area contributed by atoms with Gasteiger partial charge in [0.25, 0.3) is 0 Å². The van der Waals surface area contributed by atoms with Crippen LogP contribution in [0.5, 0.6) is 5.75 Å². The lowest BCUT2D eigenvalue weighted by Gasteiger charge is -2.34. The number of sulfone groups is 1. The number of hydrogen-bond acceptors (Lipinski definition) is 8. The topological polar surface area (TPSA) is 102 Å². The normalized spacial score (nSPS) is 14.4. The molecule has 1 aliphatic rings. The number of piperazine rings is 1. The predicted octanol–water partition coefficient (Wildman–Crippen LogP) is 2.48. The summed E-state index contributed by atoms with van der Waals surface area (Å²) in [5.41, 5.74) is 0.546. The highest BCUT2D eigenvalue weighted by Gasteiger charge is 2.33. The molecule has 3 aromatic rings. The molecule has 1 saturated heterocycles. The van der Waals surface area contributed by atoms with Crippen molar-refractivity contribution in [3.8, 4) is 17.2 Å². The Bertz CT molecular complexity index is 1220. The molecule has 1 aromatic heterocycles. The van der Waals surface area contributed by atoms with E-state index in [0.29, 0.717) is 37.5 Å². The minimum absolute atomic E-state index is 0.00783. The van der Waals surface area contributed by atoms with Gasteiger partial charge in [0.05, 0.1) is 17.6 Å². The van der Waals surface area contributed by atoms with Crippen molar-refractivity contribution in [2.75, 3.05) is 51.9 Å². The van der Waals surface area contributed by atoms with Crippen LogP contribution in [0.4, 0.5) is 5.88 Å². The molecule has 9 nitrogen and oxygen atoms in total. The molecule has 0 N–H and O–H groups in total. The molecule has 0 atom stereocenters. The fourth-order valence-corrected chi connectivity index (χ4v) is 5.04. The summed E-state index contributed by atoms with van der Waals surface area (Å²) in [5, 5.41) is -0.161. The second kappa shape index (κ2) is 9.63. The van der Waals surface area contributed by atoms with Gasteiger partial charge in [0.1, 0.15) is 12.4 Å². The Balaban J connectivity index is 1.74. The van der Waals surface area contributed by atoms with Crippen molar-refractivity contribution in [3.63, 3.8) is 0 Å². The Hall–Kier alpha value is -3.37. The highest BCUT2D eigenvalue weighted by molar-refractivity contribution is 7.91. The Morgan fingerprint density at radius 2 is 1.67 bits per heavy atom. The van der Waals surface area contributed by atoms with Crippen LogP contribution in [0.1, 0.15) is 0 Å². The van der Waals surface area contributed by atoms with E-state index in [1.54, 1.807) is 46.2 Å². The maximum absolute atomic E-state index is 13.5. The second-order valence-electron chi connectivity index (χ2n) is 7.45. The van der Waals surface area contributed by atoms with Crippen molar-refractivity contribution in [2.45, 2.75) is 9.92 Å². The molecule has 0 radical (unpaired) electrons. The van der Waals surface area contributed by atoms with Crippen LogP contribution in [0.3, 0.4) is 0 Å². The second-order valence-corrected chi connectivity index (χ2v) is 9.31. The molecule has 0 bridgehead atoms. The van der Waals surface area contributed by atoms with Gasteiger partial charge in [-0.2, -0.15) is 4.98 Å². The average molecular weight is 472 g/mol. The van der Waals surface area contributed by atoms with Crippen LogP contribution in [0.25, 0.3) is 11.5 Å². The molecule has 33 heavy (non-hydrogen) atoms. The number of aromatic nitrogens is 1. The van der Waals surface area contributed by atoms with Gasteiger partial charge in [-0.15, -0.1) is 0 Å². The number of ether oxygens (including phenoxy) is 2. The molecule has 1 fully saturated rings. The van der Waals surface area contributed by atoms with E-state index in [2.05, 4.69) is 4.98 Å². The van der Waals surface area contributed by atoms with Gasteiger partial charge < -0.3 is 23.7 Å². The lowest BCUT2D eigenvalue weighted by molar-refractivity contribution is -0.135. The fourth-order valence-electron chi connectivity index (χ4n) is 3.69. The number of rotatable bonds is 7. The van der Waals surface area contributed by atoms with Crippen LogP contribution in [0.2, 0.25) is 0 Å². The molecule has 1 aliphatic heterocycles. The third-order valence-electron chi connectivity index (χ3n) is 5.41. The molecular formula is C23H25N3O6S. The van der Waals surface area contributed by atoms with Crippen molar-refractivity contribution in [1.82, 2.24) is 9.88 Å². The van der Waals surface area contributed by atoms with Crippen molar-refractivity contribution in [1.29, 1.82) is 0 Å². The summed E-state index contributed by atoms with van der Waals surface area (Å²) in [4.78, 5) is 20.2. The number of hydrogen-bond donors (Lipinski definition) is 0. The van der Waals surface area contributed by atoms with Crippen LogP contribution in [0.15, 0.2) is 68.9 Å². The molecule has 4 rings (SSSR count). The number of nitrogens with zero attached hydrogens (tertiary/aromatic N) is 3. The Morgan fingerprint density at radius 1 is 1.00 bits per heavy atom. The molecule has 0 unspecified atom stereocenters. The van der Waals surface area contributed by atoms with Crippen molar-refractivity contribution in [2.24, 2.45) is 0 Å². The Kier molecular flexibility index (Phi) is 6.66. The van der Waals surface area contributed by atoms with Crippen molar-refractivity contribution >= 4 is 21.6 Å². The summed E-state index contributed by atoms with van der Waals surface area (Å²) >= 11 is 0. The molecule has 0 saturated carbocycles. The molecule has 10 heteroatoms. The van der Waals surface area contributed by atoms with Gasteiger partial charge in [0, 0.05) is 33.3 Å². The van der Waals surface area contributed by atoms with E-state index in [0.717, 1.165) is 0 Å². The van der Waals surface area contributed by atoms with Gasteiger partial charge >= 0.3 is 0 Å². The smallest absolute Gasteiger partial charge is 0.248 e. The third-order valence-corrected chi connectivity index (χ3v) is 7.08. The largest absolute Gasteiger partial charge is 0.496 e. The standard InChI is InChI=1S/C23H25N3O6S/c1-30-16-20(27)25-12-14-26(15-13-25)23-22(33(28,29)17-8-4-3-5-9-17)24-21(32-23)18-10-6-7-11-19(18)31-2/h3-11H,12-16H2,1-2H3. The highest BCUT2D eigenvalue weighted by Crippen LogP contribution is 2.37. The summed E-state index contributed by atoms with van der Waals surface area (Å²) in [6.45, 7) is 1.63. The van der Waals surface area contributed by atoms with E-state index >= 15 is 0 Å². The number of para-hydroxylation sites is 1. The zero-order valence-corrected chi connectivity index (χ0v) is 19.2.